The van der Waals surface area contributed by atoms with Crippen molar-refractivity contribution >= 4 is 37.7 Å². The molecule has 1 amide bonds. The van der Waals surface area contributed by atoms with E-state index in [0.717, 1.165) is 16.2 Å². The SMILES string of the molecule is Cc1c(C(=O)NNS(=O)(=O)c2ccc3ccccc3c2)oc2ccccc12. The highest BCUT2D eigenvalue weighted by Gasteiger charge is 2.20. The Balaban J connectivity index is 1.57. The molecule has 0 spiro atoms. The number of furan rings is 1. The number of fused-ring (bicyclic) bond motifs is 2. The molecule has 0 atom stereocenters. The molecule has 2 N–H and O–H groups in total. The van der Waals surface area contributed by atoms with Crippen molar-refractivity contribution in [2.75, 3.05) is 0 Å². The molecule has 0 aliphatic carbocycles. The first-order valence-electron chi connectivity index (χ1n) is 8.25. The fourth-order valence-electron chi connectivity index (χ4n) is 2.95. The van der Waals surface area contributed by atoms with Gasteiger partial charge in [-0.3, -0.25) is 10.2 Å². The molecule has 3 aromatic carbocycles. The number of carbonyl (C=O) groups excluding carboxylic acids is 1. The summed E-state index contributed by atoms with van der Waals surface area (Å²) >= 11 is 0. The van der Waals surface area contributed by atoms with E-state index in [0.29, 0.717) is 11.1 Å². The molecule has 0 bridgehead atoms. The summed E-state index contributed by atoms with van der Waals surface area (Å²) in [6.07, 6.45) is 0. The lowest BCUT2D eigenvalue weighted by Crippen LogP contribution is -2.41. The van der Waals surface area contributed by atoms with Crippen molar-refractivity contribution in [2.24, 2.45) is 0 Å². The number of para-hydroxylation sites is 1. The molecule has 6 nitrogen and oxygen atoms in total. The minimum absolute atomic E-state index is 0.0582. The van der Waals surface area contributed by atoms with Crippen LogP contribution in [0.5, 0.6) is 0 Å². The largest absolute Gasteiger partial charge is 0.451 e. The topological polar surface area (TPSA) is 88.4 Å². The van der Waals surface area contributed by atoms with E-state index in [4.69, 9.17) is 4.42 Å². The second-order valence-corrected chi connectivity index (χ2v) is 7.80. The van der Waals surface area contributed by atoms with E-state index < -0.39 is 15.9 Å². The maximum absolute atomic E-state index is 12.5. The lowest BCUT2D eigenvalue weighted by Gasteiger charge is -2.08. The van der Waals surface area contributed by atoms with Crippen LogP contribution in [0.4, 0.5) is 0 Å². The number of sulfonamides is 1. The Morgan fingerprint density at radius 2 is 1.63 bits per heavy atom. The zero-order valence-electron chi connectivity index (χ0n) is 14.4. The standard InChI is InChI=1S/C20H16N2O4S/c1-13-17-8-4-5-9-18(17)26-19(13)20(23)21-22-27(24,25)16-11-10-14-6-2-3-7-15(14)12-16/h2-12,22H,1H3,(H,21,23). The predicted molar refractivity (Wildman–Crippen MR) is 103 cm³/mol. The van der Waals surface area contributed by atoms with Crippen LogP contribution >= 0.6 is 0 Å². The molecule has 4 rings (SSSR count). The summed E-state index contributed by atoms with van der Waals surface area (Å²) in [4.78, 5) is 14.6. The zero-order chi connectivity index (χ0) is 19.0. The lowest BCUT2D eigenvalue weighted by molar-refractivity contribution is 0.0918. The van der Waals surface area contributed by atoms with E-state index in [-0.39, 0.29) is 10.7 Å². The van der Waals surface area contributed by atoms with Crippen LogP contribution in [0, 0.1) is 6.92 Å². The molecule has 1 heterocycles. The molecule has 0 aliphatic rings. The second kappa shape index (κ2) is 6.53. The molecule has 0 fully saturated rings. The van der Waals surface area contributed by atoms with Gasteiger partial charge in [0.2, 0.25) is 0 Å². The molecule has 1 aromatic heterocycles. The average molecular weight is 380 g/mol. The maximum atomic E-state index is 12.5. The van der Waals surface area contributed by atoms with Gasteiger partial charge in [0.25, 0.3) is 10.0 Å². The summed E-state index contributed by atoms with van der Waals surface area (Å²) in [6, 6.07) is 19.4. The smallest absolute Gasteiger partial charge is 0.302 e. The number of hydrogen-bond donors (Lipinski definition) is 2. The van der Waals surface area contributed by atoms with Crippen LogP contribution in [0.1, 0.15) is 16.1 Å². The average Bonchev–Trinajstić information content (AvgIpc) is 3.03. The third-order valence-corrected chi connectivity index (χ3v) is 5.63. The molecule has 0 saturated carbocycles. The van der Waals surface area contributed by atoms with Crippen LogP contribution in [-0.4, -0.2) is 14.3 Å². The highest BCUT2D eigenvalue weighted by Crippen LogP contribution is 2.24. The molecule has 0 aliphatic heterocycles. The lowest BCUT2D eigenvalue weighted by atomic mass is 10.1. The van der Waals surface area contributed by atoms with E-state index in [1.807, 2.05) is 36.4 Å². The first-order valence-corrected chi connectivity index (χ1v) is 9.73. The molecule has 0 radical (unpaired) electrons. The predicted octanol–water partition coefficient (Wildman–Crippen LogP) is 3.52. The molecule has 4 aromatic rings. The van der Waals surface area contributed by atoms with Crippen molar-refractivity contribution in [3.63, 3.8) is 0 Å². The first-order chi connectivity index (χ1) is 13.0. The van der Waals surface area contributed by atoms with E-state index >= 15 is 0 Å². The van der Waals surface area contributed by atoms with Crippen molar-refractivity contribution in [1.29, 1.82) is 0 Å². The molecule has 136 valence electrons. The monoisotopic (exact) mass is 380 g/mol. The Morgan fingerprint density at radius 1 is 0.926 bits per heavy atom. The Hall–Kier alpha value is -3.16. The van der Waals surface area contributed by atoms with E-state index in [1.54, 1.807) is 31.2 Å². The molecular weight excluding hydrogens is 364 g/mol. The number of benzene rings is 3. The third kappa shape index (κ3) is 3.18. The van der Waals surface area contributed by atoms with Crippen LogP contribution in [0.25, 0.3) is 21.7 Å². The first kappa shape index (κ1) is 17.3. The number of aryl methyl sites for hydroxylation is 1. The van der Waals surface area contributed by atoms with Crippen LogP contribution in [0.3, 0.4) is 0 Å². The van der Waals surface area contributed by atoms with Gasteiger partial charge in [-0.25, -0.2) is 8.42 Å². The molecule has 7 heteroatoms. The van der Waals surface area contributed by atoms with Crippen LogP contribution < -0.4 is 10.3 Å². The van der Waals surface area contributed by atoms with E-state index in [1.165, 1.54) is 6.07 Å². The van der Waals surface area contributed by atoms with Crippen molar-refractivity contribution in [2.45, 2.75) is 11.8 Å². The summed E-state index contributed by atoms with van der Waals surface area (Å²) in [6.45, 7) is 1.75. The number of carbonyl (C=O) groups is 1. The van der Waals surface area contributed by atoms with E-state index in [2.05, 4.69) is 10.3 Å². The summed E-state index contributed by atoms with van der Waals surface area (Å²) in [5, 5.41) is 2.53. The van der Waals surface area contributed by atoms with Gasteiger partial charge in [-0.15, -0.1) is 4.83 Å². The fraction of sp³-hybridized carbons (Fsp3) is 0.0500. The summed E-state index contributed by atoms with van der Waals surface area (Å²) in [7, 11) is -3.92. The number of hydrogen-bond acceptors (Lipinski definition) is 4. The van der Waals surface area contributed by atoms with E-state index in [9.17, 15) is 13.2 Å². The third-order valence-electron chi connectivity index (χ3n) is 4.38. The minimum Gasteiger partial charge on any atom is -0.451 e. The van der Waals surface area contributed by atoms with Gasteiger partial charge in [0, 0.05) is 10.9 Å². The quantitative estimate of drug-likeness (QED) is 0.530. The van der Waals surface area contributed by atoms with Crippen LogP contribution in [0.15, 0.2) is 76.0 Å². The van der Waals surface area contributed by atoms with Crippen LogP contribution in [0.2, 0.25) is 0 Å². The number of rotatable bonds is 4. The van der Waals surface area contributed by atoms with Crippen LogP contribution in [-0.2, 0) is 10.0 Å². The summed E-state index contributed by atoms with van der Waals surface area (Å²) in [5.41, 5.74) is 3.43. The van der Waals surface area contributed by atoms with Crippen molar-refractivity contribution in [1.82, 2.24) is 10.3 Å². The van der Waals surface area contributed by atoms with Crippen molar-refractivity contribution < 1.29 is 17.6 Å². The van der Waals surface area contributed by atoms with Gasteiger partial charge < -0.3 is 4.42 Å². The minimum atomic E-state index is -3.92. The number of amides is 1. The Labute approximate surface area is 155 Å². The highest BCUT2D eigenvalue weighted by atomic mass is 32.2. The van der Waals surface area contributed by atoms with Gasteiger partial charge in [0.05, 0.1) is 4.90 Å². The summed E-state index contributed by atoms with van der Waals surface area (Å²) in [5.74, 6) is -0.592. The van der Waals surface area contributed by atoms with Gasteiger partial charge in [-0.2, -0.15) is 0 Å². The van der Waals surface area contributed by atoms with Gasteiger partial charge in [0.15, 0.2) is 5.76 Å². The van der Waals surface area contributed by atoms with Gasteiger partial charge in [0.1, 0.15) is 5.58 Å². The normalized spacial score (nSPS) is 11.7. The molecule has 0 unspecified atom stereocenters. The fourth-order valence-corrected chi connectivity index (χ4v) is 3.83. The number of nitrogens with one attached hydrogen (secondary N) is 2. The van der Waals surface area contributed by atoms with Crippen molar-refractivity contribution in [3.05, 3.63) is 78.1 Å². The Morgan fingerprint density at radius 3 is 2.41 bits per heavy atom. The van der Waals surface area contributed by atoms with Gasteiger partial charge >= 0.3 is 5.91 Å². The number of hydrazine groups is 1. The Kier molecular flexibility index (Phi) is 4.18. The molecule has 0 saturated heterocycles. The zero-order valence-corrected chi connectivity index (χ0v) is 15.2. The summed E-state index contributed by atoms with van der Waals surface area (Å²) < 4.78 is 30.6. The Bertz CT molecular complexity index is 1280. The van der Waals surface area contributed by atoms with Gasteiger partial charge in [-0.05, 0) is 35.9 Å². The second-order valence-electron chi connectivity index (χ2n) is 6.12. The van der Waals surface area contributed by atoms with Gasteiger partial charge in [-0.1, -0.05) is 48.5 Å². The molecular formula is C20H16N2O4S. The van der Waals surface area contributed by atoms with Crippen molar-refractivity contribution in [3.8, 4) is 0 Å². The molecule has 27 heavy (non-hydrogen) atoms. The maximum Gasteiger partial charge on any atom is 0.302 e. The highest BCUT2D eigenvalue weighted by molar-refractivity contribution is 7.89.